The molecule has 2 nitrogen and oxygen atoms in total. The molecule has 1 unspecified atom stereocenters. The van der Waals surface area contributed by atoms with Crippen molar-refractivity contribution in [2.75, 3.05) is 18.1 Å². The molecular formula is C12H12Cl2O2S. The fourth-order valence-corrected chi connectivity index (χ4v) is 2.99. The van der Waals surface area contributed by atoms with Gasteiger partial charge in [0.25, 0.3) is 0 Å². The Kier molecular flexibility index (Phi) is 4.74. The van der Waals surface area contributed by atoms with Crippen LogP contribution in [0.4, 0.5) is 0 Å². The lowest BCUT2D eigenvalue weighted by atomic mass is 10.1. The molecule has 17 heavy (non-hydrogen) atoms. The highest BCUT2D eigenvalue weighted by Gasteiger charge is 2.22. The van der Waals surface area contributed by atoms with Crippen molar-refractivity contribution in [3.8, 4) is 0 Å². The second-order valence-electron chi connectivity index (χ2n) is 3.81. The number of halogens is 2. The van der Waals surface area contributed by atoms with Crippen LogP contribution in [0.2, 0.25) is 10.0 Å². The minimum atomic E-state index is -0.291. The number of ketones is 1. The summed E-state index contributed by atoms with van der Waals surface area (Å²) < 4.78 is 5.44. The molecule has 0 aliphatic carbocycles. The summed E-state index contributed by atoms with van der Waals surface area (Å²) >= 11 is 13.6. The molecule has 0 aromatic heterocycles. The lowest BCUT2D eigenvalue weighted by Crippen LogP contribution is -2.32. The standard InChI is InChI=1S/C12H12Cl2O2S/c13-9-2-1-8(10(14)6-9)5-11(15)12-7-17-4-3-16-12/h1-2,6,12H,3-5,7H2. The molecule has 2 rings (SSSR count). The maximum atomic E-state index is 12.0. The van der Waals surface area contributed by atoms with Crippen molar-refractivity contribution in [3.05, 3.63) is 33.8 Å². The van der Waals surface area contributed by atoms with E-state index in [-0.39, 0.29) is 11.9 Å². The first-order valence-corrected chi connectivity index (χ1v) is 7.24. The summed E-state index contributed by atoms with van der Waals surface area (Å²) in [5.41, 5.74) is 0.806. The Hall–Kier alpha value is -0.220. The molecule has 1 aliphatic rings. The van der Waals surface area contributed by atoms with Gasteiger partial charge < -0.3 is 4.74 Å². The second kappa shape index (κ2) is 6.10. The Morgan fingerprint density at radius 1 is 1.47 bits per heavy atom. The van der Waals surface area contributed by atoms with Crippen LogP contribution in [0.15, 0.2) is 18.2 Å². The van der Waals surface area contributed by atoms with Gasteiger partial charge >= 0.3 is 0 Å². The number of benzene rings is 1. The zero-order valence-corrected chi connectivity index (χ0v) is 11.4. The van der Waals surface area contributed by atoms with Crippen LogP contribution in [-0.2, 0) is 16.0 Å². The molecule has 0 amide bonds. The van der Waals surface area contributed by atoms with Crippen molar-refractivity contribution in [2.24, 2.45) is 0 Å². The van der Waals surface area contributed by atoms with Gasteiger partial charge in [0.15, 0.2) is 5.78 Å². The average molecular weight is 291 g/mol. The summed E-state index contributed by atoms with van der Waals surface area (Å²) in [6, 6.07) is 5.19. The molecule has 1 saturated heterocycles. The third-order valence-corrected chi connectivity index (χ3v) is 4.14. The van der Waals surface area contributed by atoms with Crippen LogP contribution < -0.4 is 0 Å². The maximum absolute atomic E-state index is 12.0. The number of Topliss-reactive ketones (excluding diaryl/α,β-unsaturated/α-hetero) is 1. The van der Waals surface area contributed by atoms with E-state index in [1.54, 1.807) is 30.0 Å². The van der Waals surface area contributed by atoms with E-state index in [1.807, 2.05) is 0 Å². The predicted octanol–water partition coefficient (Wildman–Crippen LogP) is 3.24. The smallest absolute Gasteiger partial charge is 0.166 e. The Bertz CT molecular complexity index is 417. The molecule has 5 heteroatoms. The van der Waals surface area contributed by atoms with Gasteiger partial charge in [-0.05, 0) is 17.7 Å². The van der Waals surface area contributed by atoms with Gasteiger partial charge in [0.05, 0.1) is 6.61 Å². The highest BCUT2D eigenvalue weighted by molar-refractivity contribution is 7.99. The van der Waals surface area contributed by atoms with E-state index in [1.165, 1.54) is 0 Å². The van der Waals surface area contributed by atoms with Crippen LogP contribution in [0.25, 0.3) is 0 Å². The maximum Gasteiger partial charge on any atom is 0.166 e. The van der Waals surface area contributed by atoms with Gasteiger partial charge in [-0.1, -0.05) is 29.3 Å². The van der Waals surface area contributed by atoms with Gasteiger partial charge in [-0.2, -0.15) is 11.8 Å². The number of thioether (sulfide) groups is 1. The normalized spacial score (nSPS) is 20.2. The minimum Gasteiger partial charge on any atom is -0.369 e. The van der Waals surface area contributed by atoms with Crippen LogP contribution in [-0.4, -0.2) is 30.0 Å². The molecule has 1 heterocycles. The molecular weight excluding hydrogens is 279 g/mol. The predicted molar refractivity (Wildman–Crippen MR) is 72.2 cm³/mol. The number of carbonyl (C=O) groups is 1. The van der Waals surface area contributed by atoms with E-state index in [0.717, 1.165) is 17.1 Å². The van der Waals surface area contributed by atoms with Crippen molar-refractivity contribution < 1.29 is 9.53 Å². The van der Waals surface area contributed by atoms with Crippen LogP contribution in [0, 0.1) is 0 Å². The molecule has 1 aromatic rings. The molecule has 0 radical (unpaired) electrons. The van der Waals surface area contributed by atoms with Gasteiger partial charge in [0.1, 0.15) is 6.10 Å². The zero-order chi connectivity index (χ0) is 12.3. The minimum absolute atomic E-state index is 0.0847. The summed E-state index contributed by atoms with van der Waals surface area (Å²) in [6.07, 6.45) is 0.0156. The van der Waals surface area contributed by atoms with E-state index in [0.29, 0.717) is 23.1 Å². The fourth-order valence-electron chi connectivity index (χ4n) is 1.64. The Labute approximate surface area is 115 Å². The largest absolute Gasteiger partial charge is 0.369 e. The number of rotatable bonds is 3. The monoisotopic (exact) mass is 290 g/mol. The Balaban J connectivity index is 2.02. The van der Waals surface area contributed by atoms with Crippen molar-refractivity contribution in [3.63, 3.8) is 0 Å². The van der Waals surface area contributed by atoms with Crippen LogP contribution >= 0.6 is 35.0 Å². The first-order valence-electron chi connectivity index (χ1n) is 5.33. The third-order valence-electron chi connectivity index (χ3n) is 2.55. The molecule has 1 fully saturated rings. The van der Waals surface area contributed by atoms with Crippen LogP contribution in [0.3, 0.4) is 0 Å². The van der Waals surface area contributed by atoms with Crippen LogP contribution in [0.1, 0.15) is 5.56 Å². The van der Waals surface area contributed by atoms with Gasteiger partial charge in [0, 0.05) is 28.0 Å². The van der Waals surface area contributed by atoms with Gasteiger partial charge in [-0.15, -0.1) is 0 Å². The van der Waals surface area contributed by atoms with E-state index < -0.39 is 0 Å². The lowest BCUT2D eigenvalue weighted by Gasteiger charge is -2.21. The number of ether oxygens (including phenoxy) is 1. The van der Waals surface area contributed by atoms with E-state index in [4.69, 9.17) is 27.9 Å². The highest BCUT2D eigenvalue weighted by Crippen LogP contribution is 2.23. The SMILES string of the molecule is O=C(Cc1ccc(Cl)cc1Cl)C1CSCCO1. The first kappa shape index (κ1) is 13.2. The zero-order valence-electron chi connectivity index (χ0n) is 9.12. The van der Waals surface area contributed by atoms with Crippen molar-refractivity contribution in [2.45, 2.75) is 12.5 Å². The molecule has 1 aromatic carbocycles. The van der Waals surface area contributed by atoms with E-state index >= 15 is 0 Å². The van der Waals surface area contributed by atoms with Gasteiger partial charge in [-0.3, -0.25) is 4.79 Å². The molecule has 0 N–H and O–H groups in total. The summed E-state index contributed by atoms with van der Waals surface area (Å²) in [5.74, 6) is 1.79. The summed E-state index contributed by atoms with van der Waals surface area (Å²) in [5, 5.41) is 1.12. The molecule has 92 valence electrons. The molecule has 1 aliphatic heterocycles. The van der Waals surface area contributed by atoms with Crippen molar-refractivity contribution >= 4 is 40.7 Å². The number of carbonyl (C=O) groups excluding carboxylic acids is 1. The summed E-state index contributed by atoms with van der Waals surface area (Å²) in [6.45, 7) is 0.648. The number of hydrogen-bond acceptors (Lipinski definition) is 3. The second-order valence-corrected chi connectivity index (χ2v) is 5.81. The summed E-state index contributed by atoms with van der Waals surface area (Å²) in [7, 11) is 0. The van der Waals surface area contributed by atoms with Gasteiger partial charge in [0.2, 0.25) is 0 Å². The van der Waals surface area contributed by atoms with E-state index in [9.17, 15) is 4.79 Å². The number of hydrogen-bond donors (Lipinski definition) is 0. The van der Waals surface area contributed by atoms with Crippen molar-refractivity contribution in [1.29, 1.82) is 0 Å². The van der Waals surface area contributed by atoms with Crippen molar-refractivity contribution in [1.82, 2.24) is 0 Å². The Morgan fingerprint density at radius 3 is 2.94 bits per heavy atom. The molecule has 0 saturated carbocycles. The quantitative estimate of drug-likeness (QED) is 0.855. The van der Waals surface area contributed by atoms with Crippen LogP contribution in [0.5, 0.6) is 0 Å². The topological polar surface area (TPSA) is 26.3 Å². The summed E-state index contributed by atoms with van der Waals surface area (Å²) in [4.78, 5) is 12.0. The third kappa shape index (κ3) is 3.62. The Morgan fingerprint density at radius 2 is 2.29 bits per heavy atom. The lowest BCUT2D eigenvalue weighted by molar-refractivity contribution is -0.128. The molecule has 1 atom stereocenters. The fraction of sp³-hybridized carbons (Fsp3) is 0.417. The first-order chi connectivity index (χ1) is 8.16. The highest BCUT2D eigenvalue weighted by atomic mass is 35.5. The average Bonchev–Trinajstić information content (AvgIpc) is 2.34. The molecule has 0 bridgehead atoms. The molecule has 0 spiro atoms. The van der Waals surface area contributed by atoms with Gasteiger partial charge in [-0.25, -0.2) is 0 Å². The van der Waals surface area contributed by atoms with E-state index in [2.05, 4.69) is 0 Å².